The molecule has 2 fully saturated rings. The molecule has 0 aromatic carbocycles. The van der Waals surface area contributed by atoms with Gasteiger partial charge in [0.1, 0.15) is 0 Å². The molecular weight excluding hydrogens is 364 g/mol. The van der Waals surface area contributed by atoms with Crippen LogP contribution in [0.1, 0.15) is 33.1 Å². The van der Waals surface area contributed by atoms with Crippen molar-refractivity contribution in [2.24, 2.45) is 17.3 Å². The van der Waals surface area contributed by atoms with E-state index in [2.05, 4.69) is 0 Å². The molecule has 2 heterocycles. The van der Waals surface area contributed by atoms with Gasteiger partial charge in [-0.25, -0.2) is 4.79 Å². The Morgan fingerprint density at radius 2 is 1.86 bits per heavy atom. The van der Waals surface area contributed by atoms with Gasteiger partial charge in [-0.3, -0.25) is 14.5 Å². The molecule has 4 atom stereocenters. The molecule has 154 valence electrons. The van der Waals surface area contributed by atoms with Crippen LogP contribution in [0.4, 0.5) is 4.79 Å². The predicted molar refractivity (Wildman–Crippen MR) is 99.6 cm³/mol. The van der Waals surface area contributed by atoms with E-state index < -0.39 is 29.5 Å². The van der Waals surface area contributed by atoms with Gasteiger partial charge in [0.05, 0.1) is 31.8 Å². The number of carbonyl (C=O) groups excluding carboxylic acids is 3. The Morgan fingerprint density at radius 1 is 1.14 bits per heavy atom. The monoisotopic (exact) mass is 392 g/mol. The van der Waals surface area contributed by atoms with E-state index in [9.17, 15) is 19.5 Å². The van der Waals surface area contributed by atoms with E-state index in [1.165, 1.54) is 31.5 Å². The number of aliphatic hydroxyl groups excluding tert-OH is 1. The highest BCUT2D eigenvalue weighted by atomic mass is 16.5. The fourth-order valence-electron chi connectivity index (χ4n) is 4.66. The van der Waals surface area contributed by atoms with Gasteiger partial charge in [0.15, 0.2) is 0 Å². The van der Waals surface area contributed by atoms with Crippen LogP contribution in [0.15, 0.2) is 24.0 Å². The van der Waals surface area contributed by atoms with E-state index in [4.69, 9.17) is 9.47 Å². The highest BCUT2D eigenvalue weighted by Gasteiger charge is 2.49. The summed E-state index contributed by atoms with van der Waals surface area (Å²) in [4.78, 5) is 40.7. The molecule has 0 spiro atoms. The lowest BCUT2D eigenvalue weighted by molar-refractivity contribution is -0.152. The van der Waals surface area contributed by atoms with Crippen molar-refractivity contribution in [2.75, 3.05) is 20.8 Å². The second-order valence-corrected chi connectivity index (χ2v) is 8.18. The number of hydrogen-bond donors (Lipinski definition) is 1. The van der Waals surface area contributed by atoms with Gasteiger partial charge in [0.2, 0.25) is 0 Å². The molecule has 0 aromatic rings. The first-order valence-corrected chi connectivity index (χ1v) is 9.56. The standard InChI is InChI=1S/C20H28N2O6/c1-20(2,18(25)27-3)14-8-9-21(19(26)28-4)11-13(14)17(24)22-10-7-12-5-6-15(23)16(12)22/h8-9,11-12,14-16,23H,5-7,10H2,1-4H3/t12-,14+,15-,16+/m1/s1. The lowest BCUT2D eigenvalue weighted by Crippen LogP contribution is -2.47. The Morgan fingerprint density at radius 3 is 2.50 bits per heavy atom. The highest BCUT2D eigenvalue weighted by molar-refractivity contribution is 5.97. The lowest BCUT2D eigenvalue weighted by Gasteiger charge is -2.37. The zero-order valence-corrected chi connectivity index (χ0v) is 16.8. The molecule has 2 amide bonds. The summed E-state index contributed by atoms with van der Waals surface area (Å²) < 4.78 is 9.69. The molecule has 0 unspecified atom stereocenters. The third-order valence-electron chi connectivity index (χ3n) is 6.25. The molecule has 0 aromatic heterocycles. The topological polar surface area (TPSA) is 96.4 Å². The summed E-state index contributed by atoms with van der Waals surface area (Å²) in [7, 11) is 2.57. The first-order chi connectivity index (χ1) is 13.2. The van der Waals surface area contributed by atoms with Crippen LogP contribution in [-0.2, 0) is 19.1 Å². The summed E-state index contributed by atoms with van der Waals surface area (Å²) >= 11 is 0. The van der Waals surface area contributed by atoms with Gasteiger partial charge in [-0.1, -0.05) is 6.08 Å². The number of carbonyl (C=O) groups is 3. The zero-order valence-electron chi connectivity index (χ0n) is 16.8. The van der Waals surface area contributed by atoms with Crippen LogP contribution >= 0.6 is 0 Å². The summed E-state index contributed by atoms with van der Waals surface area (Å²) in [6, 6.07) is -0.215. The summed E-state index contributed by atoms with van der Waals surface area (Å²) in [6.07, 6.45) is 5.84. The molecule has 0 bridgehead atoms. The number of nitrogens with zero attached hydrogens (tertiary/aromatic N) is 2. The van der Waals surface area contributed by atoms with Gasteiger partial charge < -0.3 is 19.5 Å². The Kier molecular flexibility index (Phi) is 5.52. The number of amides is 2. The van der Waals surface area contributed by atoms with E-state index >= 15 is 0 Å². The molecule has 1 aliphatic carbocycles. The van der Waals surface area contributed by atoms with Crippen LogP contribution in [0, 0.1) is 17.3 Å². The van der Waals surface area contributed by atoms with Gasteiger partial charge >= 0.3 is 12.1 Å². The van der Waals surface area contributed by atoms with Crippen molar-refractivity contribution in [1.29, 1.82) is 0 Å². The molecule has 1 N–H and O–H groups in total. The number of ether oxygens (including phenoxy) is 2. The van der Waals surface area contributed by atoms with Gasteiger partial charge in [0.25, 0.3) is 5.91 Å². The van der Waals surface area contributed by atoms with Crippen LogP contribution in [0.5, 0.6) is 0 Å². The third-order valence-corrected chi connectivity index (χ3v) is 6.25. The van der Waals surface area contributed by atoms with E-state index in [1.807, 2.05) is 0 Å². The average Bonchev–Trinajstić information content (AvgIpc) is 3.28. The fourth-order valence-corrected chi connectivity index (χ4v) is 4.66. The minimum absolute atomic E-state index is 0.215. The summed E-state index contributed by atoms with van der Waals surface area (Å²) in [5, 5.41) is 10.4. The Balaban J connectivity index is 1.96. The van der Waals surface area contributed by atoms with Crippen molar-refractivity contribution < 1.29 is 29.0 Å². The van der Waals surface area contributed by atoms with E-state index in [0.717, 1.165) is 12.8 Å². The van der Waals surface area contributed by atoms with Crippen molar-refractivity contribution >= 4 is 18.0 Å². The van der Waals surface area contributed by atoms with Crippen LogP contribution in [-0.4, -0.2) is 65.8 Å². The van der Waals surface area contributed by atoms with E-state index in [1.54, 1.807) is 24.8 Å². The quantitative estimate of drug-likeness (QED) is 0.734. The summed E-state index contributed by atoms with van der Waals surface area (Å²) in [5.41, 5.74) is -0.703. The number of aliphatic hydroxyl groups is 1. The summed E-state index contributed by atoms with van der Waals surface area (Å²) in [6.45, 7) is 3.97. The maximum absolute atomic E-state index is 13.5. The number of methoxy groups -OCH3 is 2. The minimum atomic E-state index is -1.01. The van der Waals surface area contributed by atoms with Crippen LogP contribution in [0.25, 0.3) is 0 Å². The van der Waals surface area contributed by atoms with E-state index in [0.29, 0.717) is 24.5 Å². The van der Waals surface area contributed by atoms with Crippen molar-refractivity contribution in [2.45, 2.75) is 45.3 Å². The van der Waals surface area contributed by atoms with Gasteiger partial charge in [-0.2, -0.15) is 0 Å². The smallest absolute Gasteiger partial charge is 0.417 e. The molecule has 1 saturated carbocycles. The normalized spacial score (nSPS) is 29.4. The van der Waals surface area contributed by atoms with Crippen molar-refractivity contribution in [3.63, 3.8) is 0 Å². The molecule has 2 aliphatic heterocycles. The maximum Gasteiger partial charge on any atom is 0.417 e. The predicted octanol–water partition coefficient (Wildman–Crippen LogP) is 1.65. The van der Waals surface area contributed by atoms with Crippen molar-refractivity contribution in [3.8, 4) is 0 Å². The molecule has 3 rings (SSSR count). The number of rotatable bonds is 3. The number of fused-ring (bicyclic) bond motifs is 1. The largest absolute Gasteiger partial charge is 0.469 e. The molecule has 28 heavy (non-hydrogen) atoms. The van der Waals surface area contributed by atoms with Gasteiger partial charge in [0, 0.05) is 30.4 Å². The van der Waals surface area contributed by atoms with Crippen molar-refractivity contribution in [3.05, 3.63) is 24.0 Å². The maximum atomic E-state index is 13.5. The number of likely N-dealkylation sites (tertiary alicyclic amines) is 1. The number of hydrogen-bond acceptors (Lipinski definition) is 6. The van der Waals surface area contributed by atoms with Crippen LogP contribution in [0.2, 0.25) is 0 Å². The molecule has 8 nitrogen and oxygen atoms in total. The third kappa shape index (κ3) is 3.30. The van der Waals surface area contributed by atoms with Gasteiger partial charge in [-0.15, -0.1) is 0 Å². The van der Waals surface area contributed by atoms with Crippen molar-refractivity contribution in [1.82, 2.24) is 9.80 Å². The number of allylic oxidation sites excluding steroid dienone is 1. The molecule has 3 aliphatic rings. The Labute approximate surface area is 164 Å². The molecule has 0 radical (unpaired) electrons. The number of esters is 1. The fraction of sp³-hybridized carbons (Fsp3) is 0.650. The highest BCUT2D eigenvalue weighted by Crippen LogP contribution is 2.42. The SMILES string of the molecule is COC(=O)N1C=C[C@H](C(C)(C)C(=O)OC)C(C(=O)N2CC[C@H]3CC[C@@H](O)[C@H]32)=C1. The van der Waals surface area contributed by atoms with Gasteiger partial charge in [-0.05, 0) is 39.0 Å². The zero-order chi connectivity index (χ0) is 20.6. The lowest BCUT2D eigenvalue weighted by atomic mass is 9.73. The Hall–Kier alpha value is -2.35. The molecular formula is C20H28N2O6. The molecule has 8 heteroatoms. The average molecular weight is 392 g/mol. The van der Waals surface area contributed by atoms with Crippen LogP contribution in [0.3, 0.4) is 0 Å². The van der Waals surface area contributed by atoms with E-state index in [-0.39, 0.29) is 11.9 Å². The van der Waals surface area contributed by atoms with Crippen LogP contribution < -0.4 is 0 Å². The first-order valence-electron chi connectivity index (χ1n) is 9.56. The molecule has 1 saturated heterocycles. The minimum Gasteiger partial charge on any atom is -0.469 e. The summed E-state index contributed by atoms with van der Waals surface area (Å²) in [5.74, 6) is -1.00. The Bertz CT molecular complexity index is 728. The second-order valence-electron chi connectivity index (χ2n) is 8.18. The first kappa shape index (κ1) is 20.4. The second kappa shape index (κ2) is 7.58.